The van der Waals surface area contributed by atoms with Gasteiger partial charge in [-0.25, -0.2) is 9.18 Å². The smallest absolute Gasteiger partial charge is 0.323 e. The molecule has 1 aliphatic carbocycles. The van der Waals surface area contributed by atoms with Gasteiger partial charge in [-0.05, 0) is 85.7 Å². The number of amides is 2. The Kier molecular flexibility index (Phi) is 4.34. The Hall–Kier alpha value is -3.67. The first-order valence-electron chi connectivity index (χ1n) is 11.3. The maximum absolute atomic E-state index is 14.3. The molecule has 5 nitrogen and oxygen atoms in total. The number of aryl methyl sites for hydroxylation is 2. The standard InChI is InChI=1S/C27H25FN4O/c1-16-10-17(2)12-20(11-16)30-26(33)32-25(18-4-3-5-19(28)13-18)24-22(14-27(32)7-8-27)21-6-9-29-15-23(21)31-24/h3-6,9-13,15,25,31H,7-8,14H2,1-2H3,(H,30,33). The number of aromatic amines is 1. The fraction of sp³-hybridized carbons (Fsp3) is 0.259. The predicted molar refractivity (Wildman–Crippen MR) is 127 cm³/mol. The molecule has 0 bridgehead atoms. The minimum Gasteiger partial charge on any atom is -0.355 e. The molecule has 2 aromatic carbocycles. The first kappa shape index (κ1) is 20.0. The van der Waals surface area contributed by atoms with Crippen LogP contribution in [0.1, 0.15) is 46.8 Å². The summed E-state index contributed by atoms with van der Waals surface area (Å²) >= 11 is 0. The van der Waals surface area contributed by atoms with E-state index in [4.69, 9.17) is 0 Å². The monoisotopic (exact) mass is 440 g/mol. The van der Waals surface area contributed by atoms with Gasteiger partial charge < -0.3 is 15.2 Å². The number of anilines is 1. The van der Waals surface area contributed by atoms with Crippen LogP contribution in [-0.4, -0.2) is 26.4 Å². The van der Waals surface area contributed by atoms with Gasteiger partial charge >= 0.3 is 6.03 Å². The van der Waals surface area contributed by atoms with E-state index in [1.165, 1.54) is 17.7 Å². The van der Waals surface area contributed by atoms with Crippen LogP contribution in [0.4, 0.5) is 14.9 Å². The highest BCUT2D eigenvalue weighted by molar-refractivity contribution is 5.92. The average molecular weight is 441 g/mol. The third-order valence-corrected chi connectivity index (χ3v) is 6.97. The molecule has 2 N–H and O–H groups in total. The van der Waals surface area contributed by atoms with Gasteiger partial charge in [-0.2, -0.15) is 0 Å². The number of H-pyrrole nitrogens is 1. The Morgan fingerprint density at radius 3 is 2.67 bits per heavy atom. The number of nitrogens with one attached hydrogen (secondary N) is 2. The number of aromatic nitrogens is 2. The van der Waals surface area contributed by atoms with E-state index in [1.54, 1.807) is 12.3 Å². The molecule has 1 atom stereocenters. The molecule has 2 aliphatic rings. The number of carbonyl (C=O) groups is 1. The predicted octanol–water partition coefficient (Wildman–Crippen LogP) is 6.03. The van der Waals surface area contributed by atoms with Gasteiger partial charge in [-0.15, -0.1) is 0 Å². The molecule has 2 aromatic heterocycles. The number of pyridine rings is 1. The molecule has 2 amide bonds. The molecular formula is C27H25FN4O. The summed E-state index contributed by atoms with van der Waals surface area (Å²) in [6.07, 6.45) is 6.24. The van der Waals surface area contributed by atoms with Gasteiger partial charge in [0.1, 0.15) is 5.82 Å². The van der Waals surface area contributed by atoms with Gasteiger partial charge in [-0.1, -0.05) is 18.2 Å². The largest absolute Gasteiger partial charge is 0.355 e. The van der Waals surface area contributed by atoms with Crippen LogP contribution >= 0.6 is 0 Å². The molecular weight excluding hydrogens is 415 g/mol. The van der Waals surface area contributed by atoms with Crippen LogP contribution in [0.15, 0.2) is 60.9 Å². The van der Waals surface area contributed by atoms with Crippen molar-refractivity contribution in [1.29, 1.82) is 0 Å². The number of urea groups is 1. The molecule has 1 aliphatic heterocycles. The van der Waals surface area contributed by atoms with Crippen LogP contribution in [0.25, 0.3) is 10.9 Å². The van der Waals surface area contributed by atoms with Crippen molar-refractivity contribution in [2.75, 3.05) is 5.32 Å². The summed E-state index contributed by atoms with van der Waals surface area (Å²) in [6, 6.07) is 14.1. The van der Waals surface area contributed by atoms with Crippen molar-refractivity contribution < 1.29 is 9.18 Å². The highest BCUT2D eigenvalue weighted by Crippen LogP contribution is 2.55. The normalized spacial score (nSPS) is 18.4. The molecule has 166 valence electrons. The van der Waals surface area contributed by atoms with Gasteiger partial charge in [0.25, 0.3) is 0 Å². The molecule has 3 heterocycles. The van der Waals surface area contributed by atoms with E-state index in [9.17, 15) is 9.18 Å². The van der Waals surface area contributed by atoms with Gasteiger partial charge in [0.2, 0.25) is 0 Å². The van der Waals surface area contributed by atoms with Crippen molar-refractivity contribution in [2.45, 2.75) is 44.7 Å². The number of rotatable bonds is 2. The lowest BCUT2D eigenvalue weighted by Crippen LogP contribution is -2.51. The highest BCUT2D eigenvalue weighted by atomic mass is 19.1. The fourth-order valence-corrected chi connectivity index (χ4v) is 5.48. The zero-order valence-corrected chi connectivity index (χ0v) is 18.7. The second-order valence-electron chi connectivity index (χ2n) is 9.47. The van der Waals surface area contributed by atoms with E-state index in [-0.39, 0.29) is 17.4 Å². The summed E-state index contributed by atoms with van der Waals surface area (Å²) in [4.78, 5) is 23.6. The molecule has 1 spiro atoms. The summed E-state index contributed by atoms with van der Waals surface area (Å²) < 4.78 is 14.3. The Labute approximate surface area is 191 Å². The zero-order chi connectivity index (χ0) is 22.7. The summed E-state index contributed by atoms with van der Waals surface area (Å²) in [5.41, 5.74) is 6.54. The Balaban J connectivity index is 1.50. The van der Waals surface area contributed by atoms with Crippen LogP contribution in [0.3, 0.4) is 0 Å². The Bertz CT molecular complexity index is 1380. The van der Waals surface area contributed by atoms with Crippen molar-refractivity contribution in [3.8, 4) is 0 Å². The van der Waals surface area contributed by atoms with Gasteiger partial charge in [0, 0.05) is 28.5 Å². The number of hydrogen-bond acceptors (Lipinski definition) is 2. The second kappa shape index (κ2) is 7.17. The van der Waals surface area contributed by atoms with E-state index in [0.717, 1.165) is 58.2 Å². The molecule has 4 aromatic rings. The number of fused-ring (bicyclic) bond motifs is 3. The van der Waals surface area contributed by atoms with Crippen LogP contribution in [0.2, 0.25) is 0 Å². The number of nitrogens with zero attached hydrogens (tertiary/aromatic N) is 2. The Morgan fingerprint density at radius 1 is 1.15 bits per heavy atom. The first-order valence-corrected chi connectivity index (χ1v) is 11.3. The fourth-order valence-electron chi connectivity index (χ4n) is 5.48. The van der Waals surface area contributed by atoms with Crippen molar-refractivity contribution in [2.24, 2.45) is 0 Å². The van der Waals surface area contributed by atoms with E-state index in [0.29, 0.717) is 0 Å². The Morgan fingerprint density at radius 2 is 1.94 bits per heavy atom. The zero-order valence-electron chi connectivity index (χ0n) is 18.7. The minimum absolute atomic E-state index is 0.158. The quantitative estimate of drug-likeness (QED) is 0.400. The van der Waals surface area contributed by atoms with Crippen LogP contribution in [0, 0.1) is 19.7 Å². The lowest BCUT2D eigenvalue weighted by Gasteiger charge is -2.43. The summed E-state index contributed by atoms with van der Waals surface area (Å²) in [5.74, 6) is -0.308. The molecule has 33 heavy (non-hydrogen) atoms. The lowest BCUT2D eigenvalue weighted by molar-refractivity contribution is 0.146. The molecule has 6 rings (SSSR count). The van der Waals surface area contributed by atoms with Crippen molar-refractivity contribution in [1.82, 2.24) is 14.9 Å². The van der Waals surface area contributed by atoms with Crippen molar-refractivity contribution >= 4 is 22.6 Å². The molecule has 1 unspecified atom stereocenters. The highest BCUT2D eigenvalue weighted by Gasteiger charge is 2.57. The maximum Gasteiger partial charge on any atom is 0.323 e. The molecule has 0 radical (unpaired) electrons. The van der Waals surface area contributed by atoms with E-state index >= 15 is 0 Å². The van der Waals surface area contributed by atoms with Gasteiger partial charge in [0.05, 0.1) is 17.8 Å². The van der Waals surface area contributed by atoms with Crippen LogP contribution in [0.5, 0.6) is 0 Å². The number of hydrogen-bond donors (Lipinski definition) is 2. The SMILES string of the molecule is Cc1cc(C)cc(NC(=O)N2C(c3cccc(F)c3)c3[nH]c4cnccc4c3CC23CC3)c1. The van der Waals surface area contributed by atoms with Crippen molar-refractivity contribution in [3.63, 3.8) is 0 Å². The molecule has 1 saturated carbocycles. The van der Waals surface area contributed by atoms with Crippen molar-refractivity contribution in [3.05, 3.63) is 94.7 Å². The number of benzene rings is 2. The minimum atomic E-state index is -0.412. The molecule has 6 heteroatoms. The third kappa shape index (κ3) is 3.28. The summed E-state index contributed by atoms with van der Waals surface area (Å²) in [6.45, 7) is 4.04. The average Bonchev–Trinajstić information content (AvgIpc) is 3.43. The maximum atomic E-state index is 14.3. The molecule has 0 saturated heterocycles. The van der Waals surface area contributed by atoms with E-state index in [2.05, 4.69) is 21.4 Å². The second-order valence-corrected chi connectivity index (χ2v) is 9.47. The molecule has 1 fully saturated rings. The third-order valence-electron chi connectivity index (χ3n) is 6.97. The number of carbonyl (C=O) groups excluding carboxylic acids is 1. The van der Waals surface area contributed by atoms with Crippen LogP contribution in [-0.2, 0) is 6.42 Å². The van der Waals surface area contributed by atoms with Gasteiger partial charge in [-0.3, -0.25) is 4.98 Å². The summed E-state index contributed by atoms with van der Waals surface area (Å²) in [5, 5.41) is 4.26. The van der Waals surface area contributed by atoms with E-state index in [1.807, 2.05) is 49.2 Å². The summed E-state index contributed by atoms with van der Waals surface area (Å²) in [7, 11) is 0. The topological polar surface area (TPSA) is 61.0 Å². The first-order chi connectivity index (χ1) is 15.9. The van der Waals surface area contributed by atoms with Crippen LogP contribution < -0.4 is 5.32 Å². The van der Waals surface area contributed by atoms with Gasteiger partial charge in [0.15, 0.2) is 0 Å². The number of halogens is 1. The van der Waals surface area contributed by atoms with E-state index < -0.39 is 6.04 Å². The lowest BCUT2D eigenvalue weighted by atomic mass is 9.87.